The lowest BCUT2D eigenvalue weighted by Gasteiger charge is -2.34. The summed E-state index contributed by atoms with van der Waals surface area (Å²) in [7, 11) is 1.94. The molecule has 1 aromatic rings. The molecule has 1 aliphatic rings. The van der Waals surface area contributed by atoms with Gasteiger partial charge in [0, 0.05) is 11.1 Å². The molecule has 106 valence electrons. The Hall–Kier alpha value is -0.600. The summed E-state index contributed by atoms with van der Waals surface area (Å²) in [5.74, 6) is 1.23. The van der Waals surface area contributed by atoms with E-state index in [4.69, 9.17) is 11.6 Å². The van der Waals surface area contributed by atoms with Crippen LogP contribution in [-0.2, 0) is 0 Å². The molecule has 0 spiro atoms. The number of nitrogens with one attached hydrogen (secondary N) is 1. The van der Waals surface area contributed by atoms with Crippen LogP contribution in [0.5, 0.6) is 0 Å². The van der Waals surface area contributed by atoms with Crippen molar-refractivity contribution >= 4 is 11.6 Å². The fraction of sp³-hybridized carbons (Fsp3) is 0.625. The lowest BCUT2D eigenvalue weighted by atomic mass is 9.76. The number of hydrogen-bond donors (Lipinski definition) is 1. The Morgan fingerprint density at radius 2 is 2.00 bits per heavy atom. The van der Waals surface area contributed by atoms with Crippen molar-refractivity contribution in [3.8, 4) is 0 Å². The lowest BCUT2D eigenvalue weighted by molar-refractivity contribution is 0.224. The first kappa shape index (κ1) is 14.8. The predicted molar refractivity (Wildman–Crippen MR) is 78.9 cm³/mol. The van der Waals surface area contributed by atoms with Crippen LogP contribution < -0.4 is 5.32 Å². The normalized spacial score (nSPS) is 25.3. The van der Waals surface area contributed by atoms with Crippen LogP contribution in [0.3, 0.4) is 0 Å². The molecule has 1 aliphatic carbocycles. The third kappa shape index (κ3) is 3.49. The van der Waals surface area contributed by atoms with Crippen LogP contribution in [0.1, 0.15) is 50.6 Å². The van der Waals surface area contributed by atoms with Gasteiger partial charge in [-0.15, -0.1) is 0 Å². The minimum atomic E-state index is -0.207. The first-order valence-corrected chi connectivity index (χ1v) is 7.65. The SMILES string of the molecule is CCC1CCC(C(NC)c2cc(F)ccc2Cl)CC1. The molecule has 1 saturated carbocycles. The molecule has 1 nitrogen and oxygen atoms in total. The molecule has 1 atom stereocenters. The Labute approximate surface area is 120 Å². The highest BCUT2D eigenvalue weighted by Crippen LogP contribution is 2.39. The average Bonchev–Trinajstić information content (AvgIpc) is 2.44. The van der Waals surface area contributed by atoms with Gasteiger partial charge in [-0.1, -0.05) is 37.8 Å². The molecule has 1 N–H and O–H groups in total. The molecule has 0 aromatic heterocycles. The van der Waals surface area contributed by atoms with Crippen LogP contribution in [0.25, 0.3) is 0 Å². The Balaban J connectivity index is 2.14. The van der Waals surface area contributed by atoms with Gasteiger partial charge in [0.2, 0.25) is 0 Å². The summed E-state index contributed by atoms with van der Waals surface area (Å²) >= 11 is 6.24. The topological polar surface area (TPSA) is 12.0 Å². The van der Waals surface area contributed by atoms with Crippen molar-refractivity contribution < 1.29 is 4.39 Å². The Morgan fingerprint density at radius 1 is 1.32 bits per heavy atom. The maximum atomic E-state index is 13.4. The molecule has 3 heteroatoms. The van der Waals surface area contributed by atoms with E-state index in [1.807, 2.05) is 7.05 Å². The minimum Gasteiger partial charge on any atom is -0.313 e. The number of halogens is 2. The van der Waals surface area contributed by atoms with E-state index in [2.05, 4.69) is 12.2 Å². The largest absolute Gasteiger partial charge is 0.313 e. The zero-order valence-electron chi connectivity index (χ0n) is 11.8. The van der Waals surface area contributed by atoms with Crippen molar-refractivity contribution in [3.63, 3.8) is 0 Å². The summed E-state index contributed by atoms with van der Waals surface area (Å²) in [5.41, 5.74) is 0.907. The molecule has 0 bridgehead atoms. The second-order valence-corrected chi connectivity index (χ2v) is 6.03. The predicted octanol–water partition coefficient (Wildman–Crippen LogP) is 4.96. The minimum absolute atomic E-state index is 0.168. The second-order valence-electron chi connectivity index (χ2n) is 5.62. The van der Waals surface area contributed by atoms with Crippen LogP contribution >= 0.6 is 11.6 Å². The van der Waals surface area contributed by atoms with E-state index in [-0.39, 0.29) is 11.9 Å². The van der Waals surface area contributed by atoms with Crippen molar-refractivity contribution in [2.45, 2.75) is 45.1 Å². The average molecular weight is 284 g/mol. The van der Waals surface area contributed by atoms with Crippen molar-refractivity contribution in [1.82, 2.24) is 5.32 Å². The van der Waals surface area contributed by atoms with Crippen LogP contribution in [0, 0.1) is 17.7 Å². The smallest absolute Gasteiger partial charge is 0.123 e. The lowest BCUT2D eigenvalue weighted by Crippen LogP contribution is -2.29. The quantitative estimate of drug-likeness (QED) is 0.824. The van der Waals surface area contributed by atoms with E-state index in [1.54, 1.807) is 12.1 Å². The highest BCUT2D eigenvalue weighted by Gasteiger charge is 2.28. The molecule has 1 fully saturated rings. The first-order chi connectivity index (χ1) is 9.15. The highest BCUT2D eigenvalue weighted by molar-refractivity contribution is 6.31. The van der Waals surface area contributed by atoms with Gasteiger partial charge >= 0.3 is 0 Å². The molecular weight excluding hydrogens is 261 g/mol. The van der Waals surface area contributed by atoms with E-state index >= 15 is 0 Å². The van der Waals surface area contributed by atoms with Gasteiger partial charge in [0.1, 0.15) is 5.82 Å². The maximum Gasteiger partial charge on any atom is 0.123 e. The van der Waals surface area contributed by atoms with Crippen LogP contribution in [0.15, 0.2) is 18.2 Å². The molecule has 19 heavy (non-hydrogen) atoms. The van der Waals surface area contributed by atoms with Crippen LogP contribution in [0.4, 0.5) is 4.39 Å². The maximum absolute atomic E-state index is 13.4. The van der Waals surface area contributed by atoms with Gasteiger partial charge in [-0.25, -0.2) is 4.39 Å². The fourth-order valence-corrected chi connectivity index (χ4v) is 3.56. The molecule has 0 aliphatic heterocycles. The van der Waals surface area contributed by atoms with E-state index in [0.29, 0.717) is 10.9 Å². The molecule has 0 heterocycles. The van der Waals surface area contributed by atoms with Crippen LogP contribution in [0.2, 0.25) is 5.02 Å². The van der Waals surface area contributed by atoms with Crippen molar-refractivity contribution in [2.24, 2.45) is 11.8 Å². The van der Waals surface area contributed by atoms with E-state index in [0.717, 1.165) is 11.5 Å². The Kier molecular flexibility index (Phi) is 5.23. The van der Waals surface area contributed by atoms with Gasteiger partial charge in [-0.05, 0) is 55.5 Å². The van der Waals surface area contributed by atoms with E-state index in [1.165, 1.54) is 38.2 Å². The molecule has 1 unspecified atom stereocenters. The van der Waals surface area contributed by atoms with Crippen molar-refractivity contribution in [2.75, 3.05) is 7.05 Å². The third-order valence-electron chi connectivity index (χ3n) is 4.54. The molecule has 0 saturated heterocycles. The van der Waals surface area contributed by atoms with E-state index in [9.17, 15) is 4.39 Å². The van der Waals surface area contributed by atoms with Gasteiger partial charge in [-0.3, -0.25) is 0 Å². The van der Waals surface area contributed by atoms with Gasteiger partial charge < -0.3 is 5.32 Å². The zero-order valence-corrected chi connectivity index (χ0v) is 12.5. The summed E-state index contributed by atoms with van der Waals surface area (Å²) in [5, 5.41) is 4.00. The summed E-state index contributed by atoms with van der Waals surface area (Å²) in [6.07, 6.45) is 6.25. The van der Waals surface area contributed by atoms with E-state index < -0.39 is 0 Å². The summed E-state index contributed by atoms with van der Waals surface area (Å²) in [6, 6.07) is 4.83. The number of rotatable bonds is 4. The zero-order chi connectivity index (χ0) is 13.8. The van der Waals surface area contributed by atoms with Gasteiger partial charge in [0.05, 0.1) is 0 Å². The number of benzene rings is 1. The Morgan fingerprint density at radius 3 is 2.58 bits per heavy atom. The first-order valence-electron chi connectivity index (χ1n) is 7.28. The van der Waals surface area contributed by atoms with Gasteiger partial charge in [0.15, 0.2) is 0 Å². The third-order valence-corrected chi connectivity index (χ3v) is 4.89. The molecular formula is C16H23ClFN. The summed E-state index contributed by atoms with van der Waals surface area (Å²) in [6.45, 7) is 2.27. The van der Waals surface area contributed by atoms with Gasteiger partial charge in [0.25, 0.3) is 0 Å². The van der Waals surface area contributed by atoms with Gasteiger partial charge in [-0.2, -0.15) is 0 Å². The van der Waals surface area contributed by atoms with Crippen molar-refractivity contribution in [1.29, 1.82) is 0 Å². The standard InChI is InChI=1S/C16H23ClFN/c1-3-11-4-6-12(7-5-11)16(19-2)14-10-13(18)8-9-15(14)17/h8-12,16,19H,3-7H2,1-2H3. The number of hydrogen-bond acceptors (Lipinski definition) is 1. The molecule has 0 amide bonds. The van der Waals surface area contributed by atoms with Crippen LogP contribution in [-0.4, -0.2) is 7.05 Å². The second kappa shape index (κ2) is 6.71. The Bertz CT molecular complexity index is 413. The highest BCUT2D eigenvalue weighted by atomic mass is 35.5. The molecule has 0 radical (unpaired) electrons. The molecule has 1 aromatic carbocycles. The monoisotopic (exact) mass is 283 g/mol. The van der Waals surface area contributed by atoms with Crippen molar-refractivity contribution in [3.05, 3.63) is 34.6 Å². The summed E-state index contributed by atoms with van der Waals surface area (Å²) in [4.78, 5) is 0. The fourth-order valence-electron chi connectivity index (χ4n) is 3.33. The summed E-state index contributed by atoms with van der Waals surface area (Å²) < 4.78 is 13.4. The molecule has 2 rings (SSSR count).